The molecule has 2 rings (SSSR count). The van der Waals surface area contributed by atoms with E-state index in [1.54, 1.807) is 12.1 Å². The fourth-order valence-corrected chi connectivity index (χ4v) is 1.17. The average Bonchev–Trinajstić information content (AvgIpc) is 2.91. The van der Waals surface area contributed by atoms with E-state index in [0.29, 0.717) is 10.4 Å². The second-order valence-corrected chi connectivity index (χ2v) is 3.82. The molecule has 5 heteroatoms. The van der Waals surface area contributed by atoms with Crippen molar-refractivity contribution in [1.82, 2.24) is 10.2 Å². The van der Waals surface area contributed by atoms with E-state index in [2.05, 4.69) is 31.4 Å². The highest BCUT2D eigenvalue weighted by Gasteiger charge is 2.29. The molecule has 0 radical (unpaired) electrons. The maximum Gasteiger partial charge on any atom is 0.228 e. The van der Waals surface area contributed by atoms with Gasteiger partial charge in [0.25, 0.3) is 0 Å². The van der Waals surface area contributed by atoms with Crippen LogP contribution in [0.15, 0.2) is 16.7 Å². The van der Waals surface area contributed by atoms with E-state index in [9.17, 15) is 4.79 Å². The summed E-state index contributed by atoms with van der Waals surface area (Å²) in [6.45, 7) is 0. The fourth-order valence-electron chi connectivity index (χ4n) is 0.956. The molecule has 4 nitrogen and oxygen atoms in total. The van der Waals surface area contributed by atoms with Gasteiger partial charge in [0.1, 0.15) is 4.60 Å². The Morgan fingerprint density at radius 3 is 2.77 bits per heavy atom. The van der Waals surface area contributed by atoms with Gasteiger partial charge in [-0.1, -0.05) is 0 Å². The van der Waals surface area contributed by atoms with Crippen LogP contribution in [0.3, 0.4) is 0 Å². The first-order chi connectivity index (χ1) is 6.25. The molecule has 0 aliphatic heterocycles. The van der Waals surface area contributed by atoms with E-state index in [-0.39, 0.29) is 11.8 Å². The van der Waals surface area contributed by atoms with Gasteiger partial charge in [0, 0.05) is 5.92 Å². The van der Waals surface area contributed by atoms with Crippen molar-refractivity contribution in [2.45, 2.75) is 12.8 Å². The lowest BCUT2D eigenvalue weighted by Crippen LogP contribution is -2.14. The minimum Gasteiger partial charge on any atom is -0.309 e. The van der Waals surface area contributed by atoms with Crippen LogP contribution in [0, 0.1) is 5.92 Å². The number of nitrogens with zero attached hydrogens (tertiary/aromatic N) is 2. The number of rotatable bonds is 2. The van der Waals surface area contributed by atoms with Gasteiger partial charge in [0.15, 0.2) is 5.82 Å². The molecule has 0 aromatic carbocycles. The van der Waals surface area contributed by atoms with Crippen LogP contribution >= 0.6 is 15.9 Å². The van der Waals surface area contributed by atoms with E-state index < -0.39 is 0 Å². The lowest BCUT2D eigenvalue weighted by atomic mass is 10.4. The second-order valence-electron chi connectivity index (χ2n) is 3.00. The molecule has 1 aromatic heterocycles. The molecule has 0 atom stereocenters. The summed E-state index contributed by atoms with van der Waals surface area (Å²) in [5.74, 6) is 0.766. The van der Waals surface area contributed by atoms with Crippen LogP contribution in [0.4, 0.5) is 5.82 Å². The molecule has 0 unspecified atom stereocenters. The summed E-state index contributed by atoms with van der Waals surface area (Å²) in [6, 6.07) is 3.47. The van der Waals surface area contributed by atoms with Gasteiger partial charge < -0.3 is 5.32 Å². The van der Waals surface area contributed by atoms with Crippen molar-refractivity contribution < 1.29 is 4.79 Å². The first kappa shape index (κ1) is 8.62. The Labute approximate surface area is 83.9 Å². The van der Waals surface area contributed by atoms with Gasteiger partial charge in [0.2, 0.25) is 5.91 Å². The monoisotopic (exact) mass is 241 g/mol. The molecule has 0 saturated heterocycles. The van der Waals surface area contributed by atoms with Crippen molar-refractivity contribution in [3.63, 3.8) is 0 Å². The summed E-state index contributed by atoms with van der Waals surface area (Å²) in [7, 11) is 0. The maximum atomic E-state index is 11.3. The first-order valence-corrected chi connectivity index (χ1v) is 4.85. The molecule has 0 bridgehead atoms. The lowest BCUT2D eigenvalue weighted by molar-refractivity contribution is -0.117. The molecule has 1 saturated carbocycles. The highest BCUT2D eigenvalue weighted by atomic mass is 79.9. The van der Waals surface area contributed by atoms with Crippen LogP contribution in [0.1, 0.15) is 12.8 Å². The largest absolute Gasteiger partial charge is 0.309 e. The number of carbonyl (C=O) groups is 1. The molecule has 1 amide bonds. The Kier molecular flexibility index (Phi) is 2.26. The van der Waals surface area contributed by atoms with E-state index in [1.807, 2.05) is 0 Å². The lowest BCUT2D eigenvalue weighted by Gasteiger charge is -2.00. The summed E-state index contributed by atoms with van der Waals surface area (Å²) < 4.78 is 0.664. The standard InChI is InChI=1S/C8H8BrN3O/c9-6-3-4-7(12-11-6)10-8(13)5-1-2-5/h3-5H,1-2H2,(H,10,12,13). The number of hydrogen-bond acceptors (Lipinski definition) is 3. The van der Waals surface area contributed by atoms with Crippen LogP contribution in [0.5, 0.6) is 0 Å². The van der Waals surface area contributed by atoms with Crippen LogP contribution in [-0.2, 0) is 4.79 Å². The normalized spacial score (nSPS) is 15.5. The average molecular weight is 242 g/mol. The number of hydrogen-bond donors (Lipinski definition) is 1. The Hall–Kier alpha value is -0.970. The third-order valence-electron chi connectivity index (χ3n) is 1.83. The highest BCUT2D eigenvalue weighted by Crippen LogP contribution is 2.29. The molecular weight excluding hydrogens is 234 g/mol. The number of halogens is 1. The second kappa shape index (κ2) is 3.41. The third-order valence-corrected chi connectivity index (χ3v) is 2.25. The van der Waals surface area contributed by atoms with Crippen LogP contribution in [0.2, 0.25) is 0 Å². The molecule has 68 valence electrons. The molecule has 1 N–H and O–H groups in total. The molecule has 0 spiro atoms. The molecule has 13 heavy (non-hydrogen) atoms. The number of carbonyl (C=O) groups excluding carboxylic acids is 1. The van der Waals surface area contributed by atoms with Gasteiger partial charge in [-0.15, -0.1) is 10.2 Å². The predicted octanol–water partition coefficient (Wildman–Crippen LogP) is 1.59. The van der Waals surface area contributed by atoms with Crippen molar-refractivity contribution >= 4 is 27.7 Å². The van der Waals surface area contributed by atoms with Gasteiger partial charge in [-0.25, -0.2) is 0 Å². The quantitative estimate of drug-likeness (QED) is 0.856. The third kappa shape index (κ3) is 2.24. The summed E-state index contributed by atoms with van der Waals surface area (Å²) in [5.41, 5.74) is 0. The molecule has 1 aromatic rings. The van der Waals surface area contributed by atoms with Crippen molar-refractivity contribution in [1.29, 1.82) is 0 Å². The number of amides is 1. The highest BCUT2D eigenvalue weighted by molar-refractivity contribution is 9.10. The van der Waals surface area contributed by atoms with Crippen molar-refractivity contribution in [3.05, 3.63) is 16.7 Å². The topological polar surface area (TPSA) is 54.9 Å². The number of nitrogens with one attached hydrogen (secondary N) is 1. The SMILES string of the molecule is O=C(Nc1ccc(Br)nn1)C1CC1. The van der Waals surface area contributed by atoms with Gasteiger partial charge >= 0.3 is 0 Å². The zero-order valence-corrected chi connectivity index (χ0v) is 8.41. The number of anilines is 1. The molecule has 1 heterocycles. The van der Waals surface area contributed by atoms with Crippen molar-refractivity contribution in [3.8, 4) is 0 Å². The summed E-state index contributed by atoms with van der Waals surface area (Å²) in [4.78, 5) is 11.3. The van der Waals surface area contributed by atoms with Gasteiger partial charge in [-0.05, 0) is 40.9 Å². The predicted molar refractivity (Wildman–Crippen MR) is 51.1 cm³/mol. The first-order valence-electron chi connectivity index (χ1n) is 4.06. The molecule has 1 fully saturated rings. The van der Waals surface area contributed by atoms with Crippen LogP contribution < -0.4 is 5.32 Å². The fraction of sp³-hybridized carbons (Fsp3) is 0.375. The van der Waals surface area contributed by atoms with Gasteiger partial charge in [0.05, 0.1) is 0 Å². The molecule has 1 aliphatic carbocycles. The Bertz CT molecular complexity index is 321. The van der Waals surface area contributed by atoms with E-state index in [4.69, 9.17) is 0 Å². The minimum atomic E-state index is 0.0524. The van der Waals surface area contributed by atoms with E-state index >= 15 is 0 Å². The molecule has 1 aliphatic rings. The minimum absolute atomic E-state index is 0.0524. The Balaban J connectivity index is 2.00. The van der Waals surface area contributed by atoms with Gasteiger partial charge in [-0.2, -0.15) is 0 Å². The summed E-state index contributed by atoms with van der Waals surface area (Å²) in [6.07, 6.45) is 1.99. The van der Waals surface area contributed by atoms with E-state index in [0.717, 1.165) is 12.8 Å². The van der Waals surface area contributed by atoms with Gasteiger partial charge in [-0.3, -0.25) is 4.79 Å². The number of aromatic nitrogens is 2. The van der Waals surface area contributed by atoms with Crippen LogP contribution in [0.25, 0.3) is 0 Å². The summed E-state index contributed by atoms with van der Waals surface area (Å²) in [5, 5.41) is 10.3. The van der Waals surface area contributed by atoms with E-state index in [1.165, 1.54) is 0 Å². The Morgan fingerprint density at radius 2 is 2.23 bits per heavy atom. The smallest absolute Gasteiger partial charge is 0.228 e. The van der Waals surface area contributed by atoms with Crippen molar-refractivity contribution in [2.75, 3.05) is 5.32 Å². The van der Waals surface area contributed by atoms with Crippen molar-refractivity contribution in [2.24, 2.45) is 5.92 Å². The zero-order chi connectivity index (χ0) is 9.26. The summed E-state index contributed by atoms with van der Waals surface area (Å²) >= 11 is 3.17. The maximum absolute atomic E-state index is 11.3. The van der Waals surface area contributed by atoms with Crippen LogP contribution in [-0.4, -0.2) is 16.1 Å². The Morgan fingerprint density at radius 1 is 1.46 bits per heavy atom. The molecular formula is C8H8BrN3O. The zero-order valence-electron chi connectivity index (χ0n) is 6.83.